The molecule has 2 atom stereocenters. The number of rotatable bonds is 4. The second-order valence-electron chi connectivity index (χ2n) is 4.78. The number of ether oxygens (including phenoxy) is 2. The summed E-state index contributed by atoms with van der Waals surface area (Å²) in [6.07, 6.45) is 2.62. The van der Waals surface area contributed by atoms with Crippen LogP contribution in [0, 0.1) is 0 Å². The minimum Gasteiger partial charge on any atom is -0.456 e. The molecular formula is C15H18O4. The maximum atomic E-state index is 12.0. The van der Waals surface area contributed by atoms with Crippen molar-refractivity contribution in [3.8, 4) is 0 Å². The molecule has 0 heterocycles. The third-order valence-electron chi connectivity index (χ3n) is 3.48. The van der Waals surface area contributed by atoms with Gasteiger partial charge in [-0.15, -0.1) is 0 Å². The maximum Gasteiger partial charge on any atom is 0.338 e. The van der Waals surface area contributed by atoms with E-state index < -0.39 is 0 Å². The van der Waals surface area contributed by atoms with Gasteiger partial charge in [-0.05, 0) is 38.3 Å². The first-order valence-corrected chi connectivity index (χ1v) is 6.46. The number of hydrogen-bond acceptors (Lipinski definition) is 4. The SMILES string of the molecule is COC1CCCC1OC(=O)c1ccc(C(C)=O)cc1. The molecule has 1 fully saturated rings. The zero-order valence-corrected chi connectivity index (χ0v) is 11.2. The molecule has 0 amide bonds. The minimum atomic E-state index is -0.357. The highest BCUT2D eigenvalue weighted by molar-refractivity contribution is 5.96. The summed E-state index contributed by atoms with van der Waals surface area (Å²) in [6.45, 7) is 1.50. The maximum absolute atomic E-state index is 12.0. The number of Topliss-reactive ketones (excluding diaryl/α,β-unsaturated/α-hetero) is 1. The van der Waals surface area contributed by atoms with E-state index in [9.17, 15) is 9.59 Å². The van der Waals surface area contributed by atoms with E-state index in [4.69, 9.17) is 9.47 Å². The summed E-state index contributed by atoms with van der Waals surface area (Å²) in [4.78, 5) is 23.1. The van der Waals surface area contributed by atoms with Gasteiger partial charge in [0.2, 0.25) is 0 Å². The molecular weight excluding hydrogens is 244 g/mol. The Morgan fingerprint density at radius 3 is 2.21 bits per heavy atom. The Morgan fingerprint density at radius 2 is 1.63 bits per heavy atom. The Balaban J connectivity index is 2.01. The molecule has 19 heavy (non-hydrogen) atoms. The third-order valence-corrected chi connectivity index (χ3v) is 3.48. The lowest BCUT2D eigenvalue weighted by Gasteiger charge is -2.18. The van der Waals surface area contributed by atoms with Gasteiger partial charge in [0.05, 0.1) is 11.7 Å². The highest BCUT2D eigenvalue weighted by Gasteiger charge is 2.30. The van der Waals surface area contributed by atoms with Gasteiger partial charge in [0, 0.05) is 12.7 Å². The second-order valence-corrected chi connectivity index (χ2v) is 4.78. The molecule has 2 unspecified atom stereocenters. The van der Waals surface area contributed by atoms with Crippen molar-refractivity contribution in [3.05, 3.63) is 35.4 Å². The van der Waals surface area contributed by atoms with E-state index in [0.717, 1.165) is 19.3 Å². The van der Waals surface area contributed by atoms with Crippen molar-refractivity contribution >= 4 is 11.8 Å². The minimum absolute atomic E-state index is 0.000410. The zero-order valence-electron chi connectivity index (χ0n) is 11.2. The molecule has 102 valence electrons. The van der Waals surface area contributed by atoms with Gasteiger partial charge in [-0.3, -0.25) is 4.79 Å². The highest BCUT2D eigenvalue weighted by atomic mass is 16.6. The Kier molecular flexibility index (Phi) is 4.32. The Hall–Kier alpha value is -1.68. The van der Waals surface area contributed by atoms with Crippen LogP contribution in [-0.2, 0) is 9.47 Å². The standard InChI is InChI=1S/C15H18O4/c1-10(16)11-6-8-12(9-7-11)15(17)19-14-5-3-4-13(14)18-2/h6-9,13-14H,3-5H2,1-2H3. The summed E-state index contributed by atoms with van der Waals surface area (Å²) in [5, 5.41) is 0. The van der Waals surface area contributed by atoms with Crippen LogP contribution < -0.4 is 0 Å². The second kappa shape index (κ2) is 5.97. The van der Waals surface area contributed by atoms with Crippen molar-refractivity contribution in [1.82, 2.24) is 0 Å². The molecule has 0 N–H and O–H groups in total. The van der Waals surface area contributed by atoms with Gasteiger partial charge in [0.1, 0.15) is 6.10 Å². The lowest BCUT2D eigenvalue weighted by molar-refractivity contribution is -0.0206. The zero-order chi connectivity index (χ0) is 13.8. The first-order chi connectivity index (χ1) is 9.11. The predicted octanol–water partition coefficient (Wildman–Crippen LogP) is 2.61. The van der Waals surface area contributed by atoms with E-state index in [1.54, 1.807) is 31.4 Å². The molecule has 1 aromatic rings. The molecule has 4 heteroatoms. The molecule has 2 rings (SSSR count). The van der Waals surface area contributed by atoms with Crippen LogP contribution >= 0.6 is 0 Å². The quantitative estimate of drug-likeness (QED) is 0.618. The van der Waals surface area contributed by atoms with Crippen LogP contribution in [0.3, 0.4) is 0 Å². The van der Waals surface area contributed by atoms with Crippen LogP contribution in [0.15, 0.2) is 24.3 Å². The van der Waals surface area contributed by atoms with Crippen LogP contribution in [0.25, 0.3) is 0 Å². The van der Waals surface area contributed by atoms with E-state index in [1.165, 1.54) is 6.92 Å². The molecule has 0 aliphatic heterocycles. The lowest BCUT2D eigenvalue weighted by atomic mass is 10.1. The monoisotopic (exact) mass is 262 g/mol. The first-order valence-electron chi connectivity index (χ1n) is 6.46. The smallest absolute Gasteiger partial charge is 0.338 e. The molecule has 0 radical (unpaired) electrons. The molecule has 1 aliphatic carbocycles. The summed E-state index contributed by atoms with van der Waals surface area (Å²) < 4.78 is 10.7. The predicted molar refractivity (Wildman–Crippen MR) is 70.3 cm³/mol. The van der Waals surface area contributed by atoms with E-state index in [1.807, 2.05) is 0 Å². The van der Waals surface area contributed by atoms with Crippen molar-refractivity contribution < 1.29 is 19.1 Å². The van der Waals surface area contributed by atoms with E-state index in [2.05, 4.69) is 0 Å². The third kappa shape index (κ3) is 3.20. The van der Waals surface area contributed by atoms with Gasteiger partial charge in [-0.25, -0.2) is 4.79 Å². The number of methoxy groups -OCH3 is 1. The van der Waals surface area contributed by atoms with Crippen LogP contribution in [0.4, 0.5) is 0 Å². The highest BCUT2D eigenvalue weighted by Crippen LogP contribution is 2.25. The summed E-state index contributed by atoms with van der Waals surface area (Å²) in [7, 11) is 1.64. The fourth-order valence-corrected chi connectivity index (χ4v) is 2.34. The number of esters is 1. The molecule has 0 aromatic heterocycles. The Bertz CT molecular complexity index is 464. The summed E-state index contributed by atoms with van der Waals surface area (Å²) in [5.74, 6) is -0.376. The molecule has 4 nitrogen and oxygen atoms in total. The Labute approximate surface area is 112 Å². The van der Waals surface area contributed by atoms with Crippen molar-refractivity contribution in [2.75, 3.05) is 7.11 Å². The van der Waals surface area contributed by atoms with Gasteiger partial charge in [-0.1, -0.05) is 12.1 Å². The largest absolute Gasteiger partial charge is 0.456 e. The summed E-state index contributed by atoms with van der Waals surface area (Å²) in [5.41, 5.74) is 1.05. The van der Waals surface area contributed by atoms with Crippen LogP contribution in [0.1, 0.15) is 46.9 Å². The fraction of sp³-hybridized carbons (Fsp3) is 0.467. The number of hydrogen-bond donors (Lipinski definition) is 0. The van der Waals surface area contributed by atoms with Crippen LogP contribution in [-0.4, -0.2) is 31.1 Å². The Morgan fingerprint density at radius 1 is 1.05 bits per heavy atom. The number of ketones is 1. The van der Waals surface area contributed by atoms with E-state index >= 15 is 0 Å². The van der Waals surface area contributed by atoms with Crippen molar-refractivity contribution in [3.63, 3.8) is 0 Å². The lowest BCUT2D eigenvalue weighted by Crippen LogP contribution is -2.27. The molecule has 1 saturated carbocycles. The summed E-state index contributed by atoms with van der Waals surface area (Å²) in [6, 6.07) is 6.52. The average molecular weight is 262 g/mol. The summed E-state index contributed by atoms with van der Waals surface area (Å²) >= 11 is 0. The van der Waals surface area contributed by atoms with E-state index in [0.29, 0.717) is 11.1 Å². The van der Waals surface area contributed by atoms with Crippen LogP contribution in [0.2, 0.25) is 0 Å². The van der Waals surface area contributed by atoms with Crippen molar-refractivity contribution in [2.24, 2.45) is 0 Å². The van der Waals surface area contributed by atoms with Gasteiger partial charge in [0.15, 0.2) is 5.78 Å². The number of carbonyl (C=O) groups is 2. The van der Waals surface area contributed by atoms with Gasteiger partial charge in [-0.2, -0.15) is 0 Å². The molecule has 0 bridgehead atoms. The van der Waals surface area contributed by atoms with Gasteiger partial charge >= 0.3 is 5.97 Å². The molecule has 1 aromatic carbocycles. The van der Waals surface area contributed by atoms with Crippen molar-refractivity contribution in [2.45, 2.75) is 38.4 Å². The van der Waals surface area contributed by atoms with Gasteiger partial charge in [0.25, 0.3) is 0 Å². The van der Waals surface area contributed by atoms with Crippen LogP contribution in [0.5, 0.6) is 0 Å². The van der Waals surface area contributed by atoms with Crippen molar-refractivity contribution in [1.29, 1.82) is 0 Å². The van der Waals surface area contributed by atoms with Gasteiger partial charge < -0.3 is 9.47 Å². The first kappa shape index (κ1) is 13.7. The number of benzene rings is 1. The fourth-order valence-electron chi connectivity index (χ4n) is 2.34. The van der Waals surface area contributed by atoms with E-state index in [-0.39, 0.29) is 24.0 Å². The topological polar surface area (TPSA) is 52.6 Å². The molecule has 0 spiro atoms. The number of carbonyl (C=O) groups excluding carboxylic acids is 2. The average Bonchev–Trinajstić information content (AvgIpc) is 2.86. The normalized spacial score (nSPS) is 22.2. The molecule has 0 saturated heterocycles. The molecule has 1 aliphatic rings.